The van der Waals surface area contributed by atoms with Crippen molar-refractivity contribution in [1.29, 1.82) is 0 Å². The first-order chi connectivity index (χ1) is 9.63. The Morgan fingerprint density at radius 3 is 2.75 bits per heavy atom. The van der Waals surface area contributed by atoms with E-state index in [2.05, 4.69) is 10.0 Å². The van der Waals surface area contributed by atoms with Gasteiger partial charge in [-0.25, -0.2) is 0 Å². The number of ketones is 1. The normalized spacial score (nSPS) is 10.9. The fraction of sp³-hybridized carbons (Fsp3) is 0.0714. The van der Waals surface area contributed by atoms with Crippen molar-refractivity contribution in [2.75, 3.05) is 0 Å². The highest BCUT2D eigenvalue weighted by molar-refractivity contribution is 7.11. The molecule has 0 saturated carbocycles. The number of azide groups is 1. The van der Waals surface area contributed by atoms with E-state index in [4.69, 9.17) is 5.53 Å². The average molecular weight is 285 g/mol. The largest absolute Gasteiger partial charge is 0.507 e. The fourth-order valence-corrected chi connectivity index (χ4v) is 2.50. The second-order valence-electron chi connectivity index (χ2n) is 4.03. The molecule has 2 aromatic rings. The van der Waals surface area contributed by atoms with E-state index in [0.29, 0.717) is 0 Å². The number of allylic oxidation sites excluding steroid dienone is 1. The SMILES string of the molecule is Cc1ccsc1/C=C(\N=[N+]=[N-])C(=O)c1ccccc1O. The number of thiophene rings is 1. The van der Waals surface area contributed by atoms with Crippen LogP contribution in [-0.4, -0.2) is 10.9 Å². The van der Waals surface area contributed by atoms with E-state index in [1.54, 1.807) is 12.1 Å². The number of carbonyl (C=O) groups is 1. The Morgan fingerprint density at radius 2 is 2.15 bits per heavy atom. The number of phenols is 1. The first-order valence-electron chi connectivity index (χ1n) is 5.77. The van der Waals surface area contributed by atoms with Crippen LogP contribution in [0.5, 0.6) is 5.75 Å². The molecule has 1 heterocycles. The number of Topliss-reactive ketones (excluding diaryl/α,β-unsaturated/α-hetero) is 1. The third-order valence-corrected chi connectivity index (χ3v) is 3.67. The molecule has 20 heavy (non-hydrogen) atoms. The molecule has 0 amide bonds. The zero-order valence-electron chi connectivity index (χ0n) is 10.6. The molecule has 1 N–H and O–H groups in total. The van der Waals surface area contributed by atoms with Crippen molar-refractivity contribution in [2.45, 2.75) is 6.92 Å². The summed E-state index contributed by atoms with van der Waals surface area (Å²) in [5.74, 6) is -0.645. The Bertz CT molecular complexity index is 728. The lowest BCUT2D eigenvalue weighted by molar-refractivity contribution is 0.103. The highest BCUT2D eigenvalue weighted by Crippen LogP contribution is 2.24. The van der Waals surface area contributed by atoms with E-state index in [-0.39, 0.29) is 17.0 Å². The number of benzene rings is 1. The van der Waals surface area contributed by atoms with Gasteiger partial charge in [0, 0.05) is 9.79 Å². The van der Waals surface area contributed by atoms with Gasteiger partial charge in [0.05, 0.1) is 11.3 Å². The minimum atomic E-state index is -0.506. The number of aryl methyl sites for hydroxylation is 1. The van der Waals surface area contributed by atoms with Gasteiger partial charge in [0.15, 0.2) is 5.78 Å². The molecule has 0 aliphatic carbocycles. The van der Waals surface area contributed by atoms with Gasteiger partial charge in [0.2, 0.25) is 0 Å². The van der Waals surface area contributed by atoms with E-state index in [1.807, 2.05) is 18.4 Å². The third kappa shape index (κ3) is 2.88. The van der Waals surface area contributed by atoms with E-state index < -0.39 is 5.78 Å². The summed E-state index contributed by atoms with van der Waals surface area (Å²) in [7, 11) is 0. The summed E-state index contributed by atoms with van der Waals surface area (Å²) >= 11 is 1.45. The first-order valence-corrected chi connectivity index (χ1v) is 6.65. The number of hydrogen-bond donors (Lipinski definition) is 1. The van der Waals surface area contributed by atoms with Crippen molar-refractivity contribution in [3.05, 3.63) is 67.9 Å². The smallest absolute Gasteiger partial charge is 0.199 e. The van der Waals surface area contributed by atoms with Gasteiger partial charge in [0.1, 0.15) is 5.75 Å². The predicted molar refractivity (Wildman–Crippen MR) is 78.6 cm³/mol. The molecule has 0 spiro atoms. The number of rotatable bonds is 4. The molecule has 100 valence electrons. The van der Waals surface area contributed by atoms with Gasteiger partial charge < -0.3 is 5.11 Å². The van der Waals surface area contributed by atoms with Crippen molar-refractivity contribution in [3.8, 4) is 5.75 Å². The van der Waals surface area contributed by atoms with Gasteiger partial charge in [-0.15, -0.1) is 11.3 Å². The number of para-hydroxylation sites is 1. The lowest BCUT2D eigenvalue weighted by Crippen LogP contribution is -2.01. The van der Waals surface area contributed by atoms with Crippen molar-refractivity contribution in [1.82, 2.24) is 0 Å². The van der Waals surface area contributed by atoms with Crippen molar-refractivity contribution in [2.24, 2.45) is 5.11 Å². The van der Waals surface area contributed by atoms with Gasteiger partial charge in [-0.1, -0.05) is 17.2 Å². The number of carbonyl (C=O) groups excluding carboxylic acids is 1. The first kappa shape index (κ1) is 13.9. The van der Waals surface area contributed by atoms with Crippen LogP contribution in [0.3, 0.4) is 0 Å². The Labute approximate surface area is 119 Å². The summed E-state index contributed by atoms with van der Waals surface area (Å²) in [5, 5.41) is 15.0. The lowest BCUT2D eigenvalue weighted by atomic mass is 10.1. The molecule has 2 rings (SSSR count). The molecule has 0 aliphatic heterocycles. The molecule has 0 aliphatic rings. The molecule has 0 atom stereocenters. The van der Waals surface area contributed by atoms with E-state index in [1.165, 1.54) is 29.5 Å². The quantitative estimate of drug-likeness (QED) is 0.298. The van der Waals surface area contributed by atoms with E-state index in [9.17, 15) is 9.90 Å². The molecule has 0 unspecified atom stereocenters. The maximum Gasteiger partial charge on any atom is 0.199 e. The van der Waals surface area contributed by atoms with Crippen LogP contribution in [0.4, 0.5) is 0 Å². The highest BCUT2D eigenvalue weighted by atomic mass is 32.1. The van der Waals surface area contributed by atoms with E-state index >= 15 is 0 Å². The molecule has 6 heteroatoms. The molecule has 5 nitrogen and oxygen atoms in total. The topological polar surface area (TPSA) is 86.1 Å². The lowest BCUT2D eigenvalue weighted by Gasteiger charge is -2.03. The van der Waals surface area contributed by atoms with Crippen LogP contribution in [0.25, 0.3) is 16.5 Å². The zero-order chi connectivity index (χ0) is 14.5. The van der Waals surface area contributed by atoms with E-state index in [0.717, 1.165) is 10.4 Å². The average Bonchev–Trinajstić information content (AvgIpc) is 2.84. The fourth-order valence-electron chi connectivity index (χ4n) is 1.65. The van der Waals surface area contributed by atoms with Gasteiger partial charge in [0.25, 0.3) is 0 Å². The molecule has 0 radical (unpaired) electrons. The Hall–Kier alpha value is -2.56. The van der Waals surface area contributed by atoms with Crippen molar-refractivity contribution in [3.63, 3.8) is 0 Å². The predicted octanol–water partition coefficient (Wildman–Crippen LogP) is 4.30. The number of phenolic OH excluding ortho intramolecular Hbond substituents is 1. The van der Waals surface area contributed by atoms with Gasteiger partial charge in [-0.3, -0.25) is 4.79 Å². The van der Waals surface area contributed by atoms with Crippen molar-refractivity contribution < 1.29 is 9.90 Å². The van der Waals surface area contributed by atoms with Crippen molar-refractivity contribution >= 4 is 23.2 Å². The van der Waals surface area contributed by atoms with Crippen LogP contribution < -0.4 is 0 Å². The number of hydrogen-bond acceptors (Lipinski definition) is 4. The monoisotopic (exact) mass is 285 g/mol. The second-order valence-corrected chi connectivity index (χ2v) is 4.98. The maximum atomic E-state index is 12.3. The Morgan fingerprint density at radius 1 is 1.40 bits per heavy atom. The van der Waals surface area contributed by atoms with Crippen LogP contribution in [0.2, 0.25) is 0 Å². The molecule has 1 aromatic carbocycles. The maximum absolute atomic E-state index is 12.3. The number of aromatic hydroxyl groups is 1. The van der Waals surface area contributed by atoms with Crippen LogP contribution in [-0.2, 0) is 0 Å². The van der Waals surface area contributed by atoms with Crippen LogP contribution >= 0.6 is 11.3 Å². The molecule has 0 fully saturated rings. The number of nitrogens with zero attached hydrogens (tertiary/aromatic N) is 3. The molecule has 0 saturated heterocycles. The minimum Gasteiger partial charge on any atom is -0.507 e. The minimum absolute atomic E-state index is 0.0421. The molecular formula is C14H11N3O2S. The summed E-state index contributed by atoms with van der Waals surface area (Å²) in [6.07, 6.45) is 1.54. The second kappa shape index (κ2) is 6.06. The third-order valence-electron chi connectivity index (χ3n) is 2.70. The summed E-state index contributed by atoms with van der Waals surface area (Å²) in [5.41, 5.74) is 9.67. The Balaban J connectivity index is 2.47. The summed E-state index contributed by atoms with van der Waals surface area (Å²) < 4.78 is 0. The summed E-state index contributed by atoms with van der Waals surface area (Å²) in [4.78, 5) is 15.8. The zero-order valence-corrected chi connectivity index (χ0v) is 11.5. The standard InChI is InChI=1S/C14H11N3O2S/c1-9-6-7-20-13(9)8-11(16-17-15)14(19)10-4-2-3-5-12(10)18/h2-8,18H,1H3/b11-8-. The van der Waals surface area contributed by atoms with Gasteiger partial charge >= 0.3 is 0 Å². The summed E-state index contributed by atoms with van der Waals surface area (Å²) in [6.45, 7) is 1.90. The Kier molecular flexibility index (Phi) is 4.20. The molecular weight excluding hydrogens is 274 g/mol. The van der Waals surface area contributed by atoms with Gasteiger partial charge in [-0.05, 0) is 47.7 Å². The highest BCUT2D eigenvalue weighted by Gasteiger charge is 2.15. The molecule has 0 bridgehead atoms. The van der Waals surface area contributed by atoms with Crippen LogP contribution in [0, 0.1) is 6.92 Å². The summed E-state index contributed by atoms with van der Waals surface area (Å²) in [6, 6.07) is 8.06. The van der Waals surface area contributed by atoms with Crippen LogP contribution in [0.15, 0.2) is 46.5 Å². The van der Waals surface area contributed by atoms with Crippen LogP contribution in [0.1, 0.15) is 20.8 Å². The molecule has 1 aromatic heterocycles. The van der Waals surface area contributed by atoms with Gasteiger partial charge in [-0.2, -0.15) is 0 Å².